The molecular formula is C12H18. The summed E-state index contributed by atoms with van der Waals surface area (Å²) in [6.45, 7) is 5.00. The zero-order valence-corrected chi connectivity index (χ0v) is 8.09. The molecule has 0 spiro atoms. The molecule has 3 rings (SSSR count). The maximum Gasteiger partial charge on any atom is -0.0166 e. The molecule has 4 atom stereocenters. The monoisotopic (exact) mass is 162 g/mol. The first-order chi connectivity index (χ1) is 5.71. The second-order valence-corrected chi connectivity index (χ2v) is 5.52. The van der Waals surface area contributed by atoms with Crippen molar-refractivity contribution in [3.05, 3.63) is 12.2 Å². The zero-order valence-electron chi connectivity index (χ0n) is 8.09. The van der Waals surface area contributed by atoms with Gasteiger partial charge in [-0.15, -0.1) is 0 Å². The van der Waals surface area contributed by atoms with Crippen molar-refractivity contribution in [2.75, 3.05) is 0 Å². The highest BCUT2D eigenvalue weighted by Gasteiger charge is 2.58. The van der Waals surface area contributed by atoms with E-state index in [0.29, 0.717) is 5.41 Å². The summed E-state index contributed by atoms with van der Waals surface area (Å²) >= 11 is 0. The highest BCUT2D eigenvalue weighted by Crippen LogP contribution is 2.65. The molecule has 12 heavy (non-hydrogen) atoms. The molecule has 0 heteroatoms. The lowest BCUT2D eigenvalue weighted by molar-refractivity contribution is 0.235. The Bertz CT molecular complexity index is 236. The Hall–Kier alpha value is -0.260. The summed E-state index contributed by atoms with van der Waals surface area (Å²) in [5, 5.41) is 0. The van der Waals surface area contributed by atoms with E-state index in [9.17, 15) is 0 Å². The number of hydrogen-bond donors (Lipinski definition) is 0. The molecule has 2 saturated carbocycles. The Kier molecular flexibility index (Phi) is 1.18. The van der Waals surface area contributed by atoms with Gasteiger partial charge in [-0.05, 0) is 48.3 Å². The van der Waals surface area contributed by atoms with E-state index in [1.54, 1.807) is 0 Å². The van der Waals surface area contributed by atoms with Crippen LogP contribution in [0.15, 0.2) is 12.2 Å². The van der Waals surface area contributed by atoms with Crippen molar-refractivity contribution in [1.29, 1.82) is 0 Å². The van der Waals surface area contributed by atoms with Crippen LogP contribution in [-0.2, 0) is 0 Å². The molecule has 0 heterocycles. The minimum Gasteiger partial charge on any atom is -0.0879 e. The molecular weight excluding hydrogens is 144 g/mol. The number of rotatable bonds is 0. The molecule has 0 saturated heterocycles. The normalized spacial score (nSPS) is 53.2. The van der Waals surface area contributed by atoms with Crippen molar-refractivity contribution < 1.29 is 0 Å². The predicted molar refractivity (Wildman–Crippen MR) is 50.7 cm³/mol. The average Bonchev–Trinajstić information content (AvgIpc) is 2.60. The molecule has 0 aromatic carbocycles. The van der Waals surface area contributed by atoms with E-state index in [0.717, 1.165) is 23.7 Å². The third-order valence-electron chi connectivity index (χ3n) is 4.94. The molecule has 2 bridgehead atoms. The van der Waals surface area contributed by atoms with Crippen LogP contribution in [0.1, 0.15) is 33.1 Å². The molecule has 0 aromatic rings. The summed E-state index contributed by atoms with van der Waals surface area (Å²) in [7, 11) is 0. The quantitative estimate of drug-likeness (QED) is 0.480. The number of allylic oxidation sites excluding steroid dienone is 2. The van der Waals surface area contributed by atoms with Gasteiger partial charge in [-0.25, -0.2) is 0 Å². The van der Waals surface area contributed by atoms with Gasteiger partial charge < -0.3 is 0 Å². The van der Waals surface area contributed by atoms with Gasteiger partial charge in [0.25, 0.3) is 0 Å². The van der Waals surface area contributed by atoms with Crippen LogP contribution < -0.4 is 0 Å². The fraction of sp³-hybridized carbons (Fsp3) is 0.833. The third-order valence-corrected chi connectivity index (χ3v) is 4.94. The van der Waals surface area contributed by atoms with Crippen LogP contribution in [-0.4, -0.2) is 0 Å². The van der Waals surface area contributed by atoms with E-state index >= 15 is 0 Å². The molecule has 0 aromatic heterocycles. The van der Waals surface area contributed by atoms with Gasteiger partial charge in [0.2, 0.25) is 0 Å². The lowest BCUT2D eigenvalue weighted by Crippen LogP contribution is -2.19. The third kappa shape index (κ3) is 0.616. The minimum absolute atomic E-state index is 0.667. The molecule has 66 valence electrons. The molecule has 0 radical (unpaired) electrons. The summed E-state index contributed by atoms with van der Waals surface area (Å²) < 4.78 is 0. The van der Waals surface area contributed by atoms with Crippen LogP contribution in [0.25, 0.3) is 0 Å². The maximum absolute atomic E-state index is 2.51. The van der Waals surface area contributed by atoms with Gasteiger partial charge in [0.15, 0.2) is 0 Å². The van der Waals surface area contributed by atoms with Crippen LogP contribution >= 0.6 is 0 Å². The summed E-state index contributed by atoms with van der Waals surface area (Å²) in [5.74, 6) is 4.08. The molecule has 0 amide bonds. The standard InChI is InChI=1S/C12H18/c1-12(2)10-6-7-11(12)9-5-3-4-8(9)10/h3-4,8-11H,5-7H2,1-2H3/t8-,9?,10?,11?/m0/s1. The van der Waals surface area contributed by atoms with Crippen molar-refractivity contribution in [1.82, 2.24) is 0 Å². The minimum atomic E-state index is 0.667. The van der Waals surface area contributed by atoms with Crippen molar-refractivity contribution in [2.45, 2.75) is 33.1 Å². The van der Waals surface area contributed by atoms with Crippen molar-refractivity contribution in [3.63, 3.8) is 0 Å². The molecule has 3 aliphatic rings. The molecule has 2 fully saturated rings. The lowest BCUT2D eigenvalue weighted by atomic mass is 9.79. The zero-order chi connectivity index (χ0) is 8.34. The van der Waals surface area contributed by atoms with E-state index in [4.69, 9.17) is 0 Å². The highest BCUT2D eigenvalue weighted by molar-refractivity contribution is 5.17. The SMILES string of the molecule is CC1(C)C2CCC1[C@H]1C=CCC21. The summed E-state index contributed by atoms with van der Waals surface area (Å²) in [6, 6.07) is 0. The van der Waals surface area contributed by atoms with Gasteiger partial charge in [-0.3, -0.25) is 0 Å². The van der Waals surface area contributed by atoms with Crippen LogP contribution in [0.5, 0.6) is 0 Å². The number of hydrogen-bond acceptors (Lipinski definition) is 0. The first kappa shape index (κ1) is 7.17. The fourth-order valence-corrected chi connectivity index (χ4v) is 4.39. The molecule has 0 aliphatic heterocycles. The average molecular weight is 162 g/mol. The van der Waals surface area contributed by atoms with Gasteiger partial charge >= 0.3 is 0 Å². The molecule has 0 N–H and O–H groups in total. The van der Waals surface area contributed by atoms with Gasteiger partial charge in [0.1, 0.15) is 0 Å². The van der Waals surface area contributed by atoms with E-state index in [1.807, 2.05) is 0 Å². The van der Waals surface area contributed by atoms with Gasteiger partial charge in [-0.2, -0.15) is 0 Å². The number of fused-ring (bicyclic) bond motifs is 5. The van der Waals surface area contributed by atoms with Crippen molar-refractivity contribution in [2.24, 2.45) is 29.1 Å². The topological polar surface area (TPSA) is 0 Å². The molecule has 0 nitrogen and oxygen atoms in total. The fourth-order valence-electron chi connectivity index (χ4n) is 4.39. The van der Waals surface area contributed by atoms with E-state index < -0.39 is 0 Å². The largest absolute Gasteiger partial charge is 0.0879 e. The maximum atomic E-state index is 2.51. The van der Waals surface area contributed by atoms with E-state index in [-0.39, 0.29) is 0 Å². The summed E-state index contributed by atoms with van der Waals surface area (Å²) in [4.78, 5) is 0. The van der Waals surface area contributed by atoms with Crippen LogP contribution in [0, 0.1) is 29.1 Å². The summed E-state index contributed by atoms with van der Waals surface area (Å²) in [6.07, 6.45) is 9.34. The van der Waals surface area contributed by atoms with E-state index in [2.05, 4.69) is 26.0 Å². The Labute approximate surface area is 75.0 Å². The van der Waals surface area contributed by atoms with Crippen LogP contribution in [0.4, 0.5) is 0 Å². The lowest BCUT2D eigenvalue weighted by Gasteiger charge is -2.25. The van der Waals surface area contributed by atoms with Gasteiger partial charge in [0.05, 0.1) is 0 Å². The first-order valence-corrected chi connectivity index (χ1v) is 5.38. The second-order valence-electron chi connectivity index (χ2n) is 5.52. The smallest absolute Gasteiger partial charge is 0.0166 e. The van der Waals surface area contributed by atoms with Crippen LogP contribution in [0.3, 0.4) is 0 Å². The van der Waals surface area contributed by atoms with Crippen LogP contribution in [0.2, 0.25) is 0 Å². The Balaban J connectivity index is 2.03. The Morgan fingerprint density at radius 2 is 1.92 bits per heavy atom. The summed E-state index contributed by atoms with van der Waals surface area (Å²) in [5.41, 5.74) is 0.667. The predicted octanol–water partition coefficient (Wildman–Crippen LogP) is 3.24. The van der Waals surface area contributed by atoms with E-state index in [1.165, 1.54) is 19.3 Å². The van der Waals surface area contributed by atoms with Gasteiger partial charge in [-0.1, -0.05) is 26.0 Å². The van der Waals surface area contributed by atoms with Gasteiger partial charge in [0, 0.05) is 0 Å². The van der Waals surface area contributed by atoms with Crippen molar-refractivity contribution in [3.8, 4) is 0 Å². The molecule has 3 aliphatic carbocycles. The second kappa shape index (κ2) is 1.97. The molecule has 3 unspecified atom stereocenters. The Morgan fingerprint density at radius 1 is 1.17 bits per heavy atom. The van der Waals surface area contributed by atoms with Crippen molar-refractivity contribution >= 4 is 0 Å². The Morgan fingerprint density at radius 3 is 2.67 bits per heavy atom. The first-order valence-electron chi connectivity index (χ1n) is 5.38. The highest BCUT2D eigenvalue weighted by atomic mass is 14.6.